The Kier molecular flexibility index (Phi) is 6.65. The SMILES string of the molecule is CCc1ccc(CN(C)C(=O)COC(=O)c2ccc([N+](=O)[O-])c(C)c2)cc1. The summed E-state index contributed by atoms with van der Waals surface area (Å²) in [5.74, 6) is -1.02. The summed E-state index contributed by atoms with van der Waals surface area (Å²) in [5.41, 5.74) is 2.66. The molecule has 0 aliphatic heterocycles. The highest BCUT2D eigenvalue weighted by Crippen LogP contribution is 2.19. The second-order valence-electron chi connectivity index (χ2n) is 6.25. The number of hydrogen-bond donors (Lipinski definition) is 0. The van der Waals surface area contributed by atoms with Gasteiger partial charge in [-0.1, -0.05) is 31.2 Å². The van der Waals surface area contributed by atoms with Crippen LogP contribution in [0, 0.1) is 17.0 Å². The van der Waals surface area contributed by atoms with Gasteiger partial charge in [-0.2, -0.15) is 0 Å². The van der Waals surface area contributed by atoms with E-state index in [-0.39, 0.29) is 17.2 Å². The molecule has 0 aliphatic carbocycles. The van der Waals surface area contributed by atoms with E-state index >= 15 is 0 Å². The molecule has 0 radical (unpaired) electrons. The van der Waals surface area contributed by atoms with Crippen LogP contribution >= 0.6 is 0 Å². The fourth-order valence-corrected chi connectivity index (χ4v) is 2.55. The molecule has 0 unspecified atom stereocenters. The number of benzene rings is 2. The highest BCUT2D eigenvalue weighted by atomic mass is 16.6. The summed E-state index contributed by atoms with van der Waals surface area (Å²) >= 11 is 0. The average molecular weight is 370 g/mol. The number of nitro groups is 1. The van der Waals surface area contributed by atoms with E-state index < -0.39 is 17.5 Å². The van der Waals surface area contributed by atoms with Gasteiger partial charge in [-0.15, -0.1) is 0 Å². The van der Waals surface area contributed by atoms with Gasteiger partial charge in [0.15, 0.2) is 6.61 Å². The number of esters is 1. The first-order valence-corrected chi connectivity index (χ1v) is 8.55. The van der Waals surface area contributed by atoms with Crippen molar-refractivity contribution in [2.24, 2.45) is 0 Å². The standard InChI is InChI=1S/C20H22N2O5/c1-4-15-5-7-16(8-6-15)12-21(3)19(23)13-27-20(24)17-9-10-18(22(25)26)14(2)11-17/h5-11H,4,12-13H2,1-3H3. The minimum atomic E-state index is -0.693. The molecule has 1 amide bonds. The maximum atomic E-state index is 12.2. The largest absolute Gasteiger partial charge is 0.452 e. The highest BCUT2D eigenvalue weighted by molar-refractivity contribution is 5.91. The molecule has 0 aliphatic rings. The molecule has 0 spiro atoms. The third-order valence-electron chi connectivity index (χ3n) is 4.23. The van der Waals surface area contributed by atoms with Crippen LogP contribution in [0.3, 0.4) is 0 Å². The van der Waals surface area contributed by atoms with Crippen molar-refractivity contribution in [2.45, 2.75) is 26.8 Å². The number of amides is 1. The number of rotatable bonds is 7. The average Bonchev–Trinajstić information content (AvgIpc) is 2.65. The van der Waals surface area contributed by atoms with E-state index in [2.05, 4.69) is 6.92 Å². The minimum Gasteiger partial charge on any atom is -0.452 e. The zero-order valence-corrected chi connectivity index (χ0v) is 15.6. The molecule has 0 saturated carbocycles. The molecular formula is C20H22N2O5. The van der Waals surface area contributed by atoms with Crippen molar-refractivity contribution in [1.82, 2.24) is 4.90 Å². The third kappa shape index (κ3) is 5.37. The van der Waals surface area contributed by atoms with Crippen LogP contribution in [0.5, 0.6) is 0 Å². The zero-order valence-electron chi connectivity index (χ0n) is 15.6. The van der Waals surface area contributed by atoms with Gasteiger partial charge in [-0.25, -0.2) is 4.79 Å². The van der Waals surface area contributed by atoms with E-state index in [9.17, 15) is 19.7 Å². The van der Waals surface area contributed by atoms with Crippen LogP contribution in [-0.4, -0.2) is 35.4 Å². The molecule has 2 rings (SSSR count). The van der Waals surface area contributed by atoms with Crippen LogP contribution in [0.2, 0.25) is 0 Å². The fraction of sp³-hybridized carbons (Fsp3) is 0.300. The van der Waals surface area contributed by atoms with E-state index in [0.29, 0.717) is 12.1 Å². The van der Waals surface area contributed by atoms with Gasteiger partial charge in [0.2, 0.25) is 0 Å². The molecule has 0 atom stereocenters. The van der Waals surface area contributed by atoms with E-state index in [0.717, 1.165) is 12.0 Å². The fourth-order valence-electron chi connectivity index (χ4n) is 2.55. The number of carbonyl (C=O) groups excluding carboxylic acids is 2. The van der Waals surface area contributed by atoms with Gasteiger partial charge in [0, 0.05) is 25.2 Å². The number of nitrogens with zero attached hydrogens (tertiary/aromatic N) is 2. The predicted octanol–water partition coefficient (Wildman–Crippen LogP) is 3.28. The van der Waals surface area contributed by atoms with Crippen LogP contribution in [-0.2, 0) is 22.5 Å². The van der Waals surface area contributed by atoms with Gasteiger partial charge in [0.1, 0.15) is 0 Å². The smallest absolute Gasteiger partial charge is 0.338 e. The van der Waals surface area contributed by atoms with Gasteiger partial charge in [-0.05, 0) is 36.6 Å². The first-order chi connectivity index (χ1) is 12.8. The van der Waals surface area contributed by atoms with Gasteiger partial charge < -0.3 is 9.64 Å². The first-order valence-electron chi connectivity index (χ1n) is 8.55. The Labute approximate surface area is 157 Å². The molecule has 0 saturated heterocycles. The lowest BCUT2D eigenvalue weighted by atomic mass is 10.1. The molecule has 142 valence electrons. The topological polar surface area (TPSA) is 89.8 Å². The lowest BCUT2D eigenvalue weighted by Gasteiger charge is -2.17. The van der Waals surface area contributed by atoms with Gasteiger partial charge in [0.05, 0.1) is 10.5 Å². The summed E-state index contributed by atoms with van der Waals surface area (Å²) in [6.07, 6.45) is 0.952. The summed E-state index contributed by atoms with van der Waals surface area (Å²) in [7, 11) is 1.64. The van der Waals surface area contributed by atoms with E-state index in [1.165, 1.54) is 35.6 Å². The monoisotopic (exact) mass is 370 g/mol. The Hall–Kier alpha value is -3.22. The van der Waals surface area contributed by atoms with Crippen LogP contribution in [0.25, 0.3) is 0 Å². The number of nitro benzene ring substituents is 1. The molecule has 27 heavy (non-hydrogen) atoms. The van der Waals surface area contributed by atoms with Gasteiger partial charge >= 0.3 is 5.97 Å². The summed E-state index contributed by atoms with van der Waals surface area (Å²) < 4.78 is 5.04. The summed E-state index contributed by atoms with van der Waals surface area (Å²) in [4.78, 5) is 36.0. The van der Waals surface area contributed by atoms with Crippen molar-refractivity contribution in [3.63, 3.8) is 0 Å². The number of ether oxygens (including phenoxy) is 1. The van der Waals surface area contributed by atoms with Crippen molar-refractivity contribution in [1.29, 1.82) is 0 Å². The first kappa shape index (κ1) is 20.1. The molecule has 7 heteroatoms. The van der Waals surface area contributed by atoms with Crippen molar-refractivity contribution >= 4 is 17.6 Å². The number of hydrogen-bond acceptors (Lipinski definition) is 5. The number of carbonyl (C=O) groups is 2. The molecule has 2 aromatic rings. The van der Waals surface area contributed by atoms with Crippen LogP contribution in [0.4, 0.5) is 5.69 Å². The Morgan fingerprint density at radius 3 is 2.30 bits per heavy atom. The maximum absolute atomic E-state index is 12.2. The van der Waals surface area contributed by atoms with Crippen LogP contribution in [0.1, 0.15) is 34.0 Å². The van der Waals surface area contributed by atoms with E-state index in [1.807, 2.05) is 24.3 Å². The Bertz CT molecular complexity index is 846. The lowest BCUT2D eigenvalue weighted by Crippen LogP contribution is -2.30. The molecule has 0 bridgehead atoms. The van der Waals surface area contributed by atoms with Crippen molar-refractivity contribution in [2.75, 3.05) is 13.7 Å². The van der Waals surface area contributed by atoms with Crippen molar-refractivity contribution in [3.05, 3.63) is 74.8 Å². The van der Waals surface area contributed by atoms with Crippen LogP contribution < -0.4 is 0 Å². The highest BCUT2D eigenvalue weighted by Gasteiger charge is 2.17. The van der Waals surface area contributed by atoms with Crippen molar-refractivity contribution in [3.8, 4) is 0 Å². The Morgan fingerprint density at radius 2 is 1.74 bits per heavy atom. The molecule has 0 fully saturated rings. The Balaban J connectivity index is 1.90. The Morgan fingerprint density at radius 1 is 1.11 bits per heavy atom. The summed E-state index contributed by atoms with van der Waals surface area (Å²) in [6.45, 7) is 3.64. The minimum absolute atomic E-state index is 0.0727. The quantitative estimate of drug-likeness (QED) is 0.424. The molecule has 0 aromatic heterocycles. The molecule has 7 nitrogen and oxygen atoms in total. The maximum Gasteiger partial charge on any atom is 0.338 e. The molecular weight excluding hydrogens is 348 g/mol. The van der Waals surface area contributed by atoms with Gasteiger partial charge in [0.25, 0.3) is 11.6 Å². The van der Waals surface area contributed by atoms with Crippen molar-refractivity contribution < 1.29 is 19.2 Å². The zero-order chi connectivity index (χ0) is 20.0. The third-order valence-corrected chi connectivity index (χ3v) is 4.23. The molecule has 0 N–H and O–H groups in total. The molecule has 0 heterocycles. The second kappa shape index (κ2) is 8.93. The van der Waals surface area contributed by atoms with Gasteiger partial charge in [-0.3, -0.25) is 14.9 Å². The lowest BCUT2D eigenvalue weighted by molar-refractivity contribution is -0.385. The molecule has 2 aromatic carbocycles. The number of likely N-dealkylation sites (N-methyl/N-ethyl adjacent to an activating group) is 1. The summed E-state index contributed by atoms with van der Waals surface area (Å²) in [6, 6.07) is 11.9. The van der Waals surface area contributed by atoms with E-state index in [4.69, 9.17) is 4.74 Å². The second-order valence-corrected chi connectivity index (χ2v) is 6.25. The van der Waals surface area contributed by atoms with E-state index in [1.54, 1.807) is 7.05 Å². The number of aryl methyl sites for hydroxylation is 2. The van der Waals surface area contributed by atoms with Crippen LogP contribution in [0.15, 0.2) is 42.5 Å². The summed E-state index contributed by atoms with van der Waals surface area (Å²) in [5, 5.41) is 10.8. The predicted molar refractivity (Wildman–Crippen MR) is 100 cm³/mol. The normalized spacial score (nSPS) is 10.3.